The molecule has 1 amide bonds. The van der Waals surface area contributed by atoms with Crippen molar-refractivity contribution in [1.29, 1.82) is 5.41 Å². The summed E-state index contributed by atoms with van der Waals surface area (Å²) < 4.78 is 20.6. The van der Waals surface area contributed by atoms with Gasteiger partial charge in [-0.15, -0.1) is 0 Å². The molecule has 1 atom stereocenters. The molecule has 8 heteroatoms. The lowest BCUT2D eigenvalue weighted by molar-refractivity contribution is -0.126. The van der Waals surface area contributed by atoms with E-state index in [1.807, 2.05) is 18.2 Å². The topological polar surface area (TPSA) is 91.2 Å². The van der Waals surface area contributed by atoms with Gasteiger partial charge in [-0.2, -0.15) is 0 Å². The average molecular weight is 445 g/mol. The van der Waals surface area contributed by atoms with Crippen LogP contribution in [0.5, 0.6) is 11.5 Å². The third-order valence-electron chi connectivity index (χ3n) is 5.51. The molecule has 0 spiro atoms. The summed E-state index contributed by atoms with van der Waals surface area (Å²) in [5.41, 5.74) is 0.428. The zero-order valence-corrected chi connectivity index (χ0v) is 18.0. The summed E-state index contributed by atoms with van der Waals surface area (Å²) in [6, 6.07) is 13.5. The van der Waals surface area contributed by atoms with E-state index in [1.165, 1.54) is 30.7 Å². The number of benzene rings is 2. The van der Waals surface area contributed by atoms with Gasteiger partial charge >= 0.3 is 0 Å². The number of amides is 1. The molecule has 33 heavy (non-hydrogen) atoms. The van der Waals surface area contributed by atoms with E-state index in [-0.39, 0.29) is 23.2 Å². The average Bonchev–Trinajstić information content (AvgIpc) is 3.31. The molecule has 0 radical (unpaired) electrons. The van der Waals surface area contributed by atoms with E-state index >= 15 is 0 Å². The zero-order valence-electron chi connectivity index (χ0n) is 18.0. The van der Waals surface area contributed by atoms with Gasteiger partial charge in [-0.05, 0) is 43.2 Å². The van der Waals surface area contributed by atoms with Crippen molar-refractivity contribution in [2.75, 3.05) is 18.4 Å². The SMILES string of the molecule is C=CC(=O)N1CCC[C@H]1CNc1ncncc1C(=N)c1ccc(Oc2ccccc2)cc1F. The minimum Gasteiger partial charge on any atom is -0.457 e. The number of para-hydroxylation sites is 1. The molecular weight excluding hydrogens is 421 g/mol. The number of carbonyl (C=O) groups excluding carboxylic acids is 1. The predicted octanol–water partition coefficient (Wildman–Crippen LogP) is 4.41. The molecule has 2 N–H and O–H groups in total. The van der Waals surface area contributed by atoms with Crippen molar-refractivity contribution in [3.63, 3.8) is 0 Å². The van der Waals surface area contributed by atoms with Crippen molar-refractivity contribution >= 4 is 17.4 Å². The Balaban J connectivity index is 1.50. The van der Waals surface area contributed by atoms with Gasteiger partial charge in [0.25, 0.3) is 0 Å². The Morgan fingerprint density at radius 1 is 1.24 bits per heavy atom. The third-order valence-corrected chi connectivity index (χ3v) is 5.51. The molecule has 4 rings (SSSR count). The largest absolute Gasteiger partial charge is 0.457 e. The number of ether oxygens (including phenoxy) is 1. The highest BCUT2D eigenvalue weighted by molar-refractivity contribution is 6.13. The number of rotatable bonds is 8. The molecule has 1 aromatic heterocycles. The summed E-state index contributed by atoms with van der Waals surface area (Å²) in [4.78, 5) is 22.1. The highest BCUT2D eigenvalue weighted by Gasteiger charge is 2.27. The van der Waals surface area contributed by atoms with Crippen molar-refractivity contribution < 1.29 is 13.9 Å². The normalized spacial score (nSPS) is 15.2. The number of nitrogens with zero attached hydrogens (tertiary/aromatic N) is 3. The van der Waals surface area contributed by atoms with Crippen LogP contribution in [0.15, 0.2) is 73.7 Å². The molecule has 1 saturated heterocycles. The third kappa shape index (κ3) is 5.06. The van der Waals surface area contributed by atoms with Crippen molar-refractivity contribution in [1.82, 2.24) is 14.9 Å². The predicted molar refractivity (Wildman–Crippen MR) is 124 cm³/mol. The van der Waals surface area contributed by atoms with Crippen LogP contribution in [-0.2, 0) is 4.79 Å². The molecule has 1 aliphatic rings. The summed E-state index contributed by atoms with van der Waals surface area (Å²) in [6.45, 7) is 4.71. The highest BCUT2D eigenvalue weighted by Crippen LogP contribution is 2.26. The van der Waals surface area contributed by atoms with E-state index < -0.39 is 5.82 Å². The van der Waals surface area contributed by atoms with E-state index in [4.69, 9.17) is 10.1 Å². The number of halogens is 1. The number of hydrogen-bond acceptors (Lipinski definition) is 6. The number of anilines is 1. The molecule has 3 aromatic rings. The van der Waals surface area contributed by atoms with Crippen molar-refractivity contribution in [2.24, 2.45) is 0 Å². The first kappa shape index (κ1) is 22.1. The second-order valence-electron chi connectivity index (χ2n) is 7.63. The standard InChI is InChI=1S/C25H24FN5O2/c1-2-23(32)31-12-6-7-17(31)14-29-25-21(15-28-16-30-25)24(27)20-11-10-19(13-22(20)26)33-18-8-4-3-5-9-18/h2-5,8-11,13,15-17,27H,1,6-7,12,14H2,(H,28,29,30)/t17-/m0/s1. The van der Waals surface area contributed by atoms with Gasteiger partial charge in [0.15, 0.2) is 0 Å². The number of aromatic nitrogens is 2. The van der Waals surface area contributed by atoms with Crippen LogP contribution in [0.25, 0.3) is 0 Å². The second-order valence-corrected chi connectivity index (χ2v) is 7.63. The Labute approximate surface area is 191 Å². The lowest BCUT2D eigenvalue weighted by Crippen LogP contribution is -2.38. The Kier molecular flexibility index (Phi) is 6.73. The van der Waals surface area contributed by atoms with E-state index in [1.54, 1.807) is 23.1 Å². The number of nitrogens with one attached hydrogen (secondary N) is 2. The first-order valence-electron chi connectivity index (χ1n) is 10.7. The maximum absolute atomic E-state index is 14.9. The Bertz CT molecular complexity index is 1170. The number of hydrogen-bond donors (Lipinski definition) is 2. The maximum Gasteiger partial charge on any atom is 0.246 e. The molecule has 0 unspecified atom stereocenters. The van der Waals surface area contributed by atoms with Crippen LogP contribution in [0, 0.1) is 11.2 Å². The van der Waals surface area contributed by atoms with E-state index in [2.05, 4.69) is 21.9 Å². The fourth-order valence-electron chi connectivity index (χ4n) is 3.86. The van der Waals surface area contributed by atoms with Crippen molar-refractivity contribution in [3.8, 4) is 11.5 Å². The van der Waals surface area contributed by atoms with Gasteiger partial charge in [-0.1, -0.05) is 24.8 Å². The van der Waals surface area contributed by atoms with Crippen molar-refractivity contribution in [3.05, 3.63) is 90.7 Å². The van der Waals surface area contributed by atoms with Crippen LogP contribution in [0.1, 0.15) is 24.0 Å². The Morgan fingerprint density at radius 3 is 2.82 bits per heavy atom. The van der Waals surface area contributed by atoms with Gasteiger partial charge in [-0.3, -0.25) is 10.2 Å². The van der Waals surface area contributed by atoms with E-state index in [0.29, 0.717) is 36.0 Å². The molecule has 2 aromatic carbocycles. The van der Waals surface area contributed by atoms with Gasteiger partial charge in [0.05, 0.1) is 11.3 Å². The molecule has 1 aliphatic heterocycles. The van der Waals surface area contributed by atoms with Gasteiger partial charge in [0.2, 0.25) is 5.91 Å². The number of carbonyl (C=O) groups is 1. The molecule has 0 bridgehead atoms. The smallest absolute Gasteiger partial charge is 0.246 e. The molecule has 0 saturated carbocycles. The number of likely N-dealkylation sites (tertiary alicyclic amines) is 1. The van der Waals surface area contributed by atoms with E-state index in [9.17, 15) is 9.18 Å². The van der Waals surface area contributed by atoms with Gasteiger partial charge in [0, 0.05) is 37.0 Å². The van der Waals surface area contributed by atoms with Crippen LogP contribution in [0.4, 0.5) is 10.2 Å². The summed E-state index contributed by atoms with van der Waals surface area (Å²) in [5, 5.41) is 11.8. The van der Waals surface area contributed by atoms with Crippen LogP contribution in [0.3, 0.4) is 0 Å². The van der Waals surface area contributed by atoms with Crippen LogP contribution < -0.4 is 10.1 Å². The monoisotopic (exact) mass is 445 g/mol. The molecular formula is C25H24FN5O2. The Morgan fingerprint density at radius 2 is 2.06 bits per heavy atom. The summed E-state index contributed by atoms with van der Waals surface area (Å²) in [6.07, 6.45) is 5.95. The van der Waals surface area contributed by atoms with E-state index in [0.717, 1.165) is 12.8 Å². The first-order valence-corrected chi connectivity index (χ1v) is 10.7. The zero-order chi connectivity index (χ0) is 23.2. The lowest BCUT2D eigenvalue weighted by Gasteiger charge is -2.24. The minimum atomic E-state index is -0.582. The van der Waals surface area contributed by atoms with Crippen LogP contribution in [-0.4, -0.2) is 45.6 Å². The van der Waals surface area contributed by atoms with Crippen LogP contribution >= 0.6 is 0 Å². The lowest BCUT2D eigenvalue weighted by atomic mass is 10.0. The van der Waals surface area contributed by atoms with Gasteiger partial charge in [0.1, 0.15) is 29.5 Å². The molecule has 2 heterocycles. The second kappa shape index (κ2) is 10.0. The fourth-order valence-corrected chi connectivity index (χ4v) is 3.86. The summed E-state index contributed by atoms with van der Waals surface area (Å²) in [7, 11) is 0. The molecule has 1 fully saturated rings. The summed E-state index contributed by atoms with van der Waals surface area (Å²) >= 11 is 0. The van der Waals surface area contributed by atoms with Crippen LogP contribution in [0.2, 0.25) is 0 Å². The van der Waals surface area contributed by atoms with Gasteiger partial charge < -0.3 is 15.0 Å². The highest BCUT2D eigenvalue weighted by atomic mass is 19.1. The minimum absolute atomic E-state index is 0.00125. The maximum atomic E-state index is 14.9. The summed E-state index contributed by atoms with van der Waals surface area (Å²) in [5.74, 6) is 0.665. The van der Waals surface area contributed by atoms with Gasteiger partial charge in [-0.25, -0.2) is 14.4 Å². The fraction of sp³-hybridized carbons (Fsp3) is 0.200. The van der Waals surface area contributed by atoms with Crippen molar-refractivity contribution in [2.45, 2.75) is 18.9 Å². The molecule has 0 aliphatic carbocycles. The first-order chi connectivity index (χ1) is 16.1. The molecule has 168 valence electrons. The Hall–Kier alpha value is -4.07. The molecule has 7 nitrogen and oxygen atoms in total. The quantitative estimate of drug-likeness (QED) is 0.396.